The van der Waals surface area contributed by atoms with Gasteiger partial charge in [0, 0.05) is 20.3 Å². The maximum absolute atomic E-state index is 12.3. The first kappa shape index (κ1) is 14.3. The van der Waals surface area contributed by atoms with Crippen LogP contribution in [0.3, 0.4) is 0 Å². The Morgan fingerprint density at radius 3 is 2.64 bits per heavy atom. The fourth-order valence-corrected chi connectivity index (χ4v) is 2.60. The van der Waals surface area contributed by atoms with Crippen molar-refractivity contribution < 1.29 is 9.53 Å². The minimum Gasteiger partial charge on any atom is -0.451 e. The van der Waals surface area contributed by atoms with Gasteiger partial charge in [0.25, 0.3) is 0 Å². The fourth-order valence-electron chi connectivity index (χ4n) is 2.60. The van der Waals surface area contributed by atoms with E-state index < -0.39 is 6.10 Å². The van der Waals surface area contributed by atoms with Gasteiger partial charge in [-0.15, -0.1) is 0 Å². The second kappa shape index (κ2) is 5.29. The van der Waals surface area contributed by atoms with Crippen LogP contribution in [0.25, 0.3) is 11.0 Å². The summed E-state index contributed by atoms with van der Waals surface area (Å²) in [4.78, 5) is 16.8. The molecule has 0 fully saturated rings. The summed E-state index contributed by atoms with van der Waals surface area (Å²) in [5.74, 6) is 0.334. The Balaban J connectivity index is 1.87. The van der Waals surface area contributed by atoms with Gasteiger partial charge in [0.05, 0.1) is 16.7 Å². The van der Waals surface area contributed by atoms with E-state index >= 15 is 0 Å². The van der Waals surface area contributed by atoms with Crippen LogP contribution in [0.15, 0.2) is 30.5 Å². The van der Waals surface area contributed by atoms with E-state index in [0.717, 1.165) is 16.9 Å². The summed E-state index contributed by atoms with van der Waals surface area (Å²) in [5, 5.41) is 4.16. The molecule has 6 heteroatoms. The molecule has 0 aliphatic rings. The molecular weight excluding hydrogens is 280 g/mol. The highest BCUT2D eigenvalue weighted by Gasteiger charge is 2.21. The molecule has 6 nitrogen and oxygen atoms in total. The van der Waals surface area contributed by atoms with Crippen molar-refractivity contribution in [3.63, 3.8) is 0 Å². The molecule has 0 amide bonds. The van der Waals surface area contributed by atoms with Crippen LogP contribution in [0, 0.1) is 6.92 Å². The molecule has 0 aliphatic heterocycles. The quantitative estimate of drug-likeness (QED) is 0.697. The second-order valence-electron chi connectivity index (χ2n) is 5.37. The Hall–Kier alpha value is -2.63. The summed E-state index contributed by atoms with van der Waals surface area (Å²) in [6, 6.07) is 7.84. The van der Waals surface area contributed by atoms with Crippen LogP contribution in [0.4, 0.5) is 0 Å². The molecule has 1 aromatic carbocycles. The molecule has 1 unspecified atom stereocenters. The average Bonchev–Trinajstić information content (AvgIpc) is 2.99. The van der Waals surface area contributed by atoms with E-state index in [0.29, 0.717) is 11.3 Å². The van der Waals surface area contributed by atoms with Crippen LogP contribution >= 0.6 is 0 Å². The minimum atomic E-state index is -0.440. The fraction of sp³-hybridized carbons (Fsp3) is 0.312. The predicted octanol–water partition coefficient (Wildman–Crippen LogP) is 2.53. The number of nitrogens with zero attached hydrogens (tertiary/aromatic N) is 4. The summed E-state index contributed by atoms with van der Waals surface area (Å²) in [7, 11) is 3.70. The lowest BCUT2D eigenvalue weighted by atomic mass is 10.2. The second-order valence-corrected chi connectivity index (χ2v) is 5.37. The molecule has 0 N–H and O–H groups in total. The Morgan fingerprint density at radius 2 is 2.00 bits per heavy atom. The van der Waals surface area contributed by atoms with Gasteiger partial charge in [-0.05, 0) is 26.0 Å². The zero-order valence-corrected chi connectivity index (χ0v) is 13.1. The van der Waals surface area contributed by atoms with Gasteiger partial charge >= 0.3 is 5.97 Å². The zero-order chi connectivity index (χ0) is 15.9. The van der Waals surface area contributed by atoms with Crippen molar-refractivity contribution in [3.8, 4) is 0 Å². The number of hydrogen-bond acceptors (Lipinski definition) is 4. The van der Waals surface area contributed by atoms with Crippen LogP contribution in [-0.4, -0.2) is 25.3 Å². The van der Waals surface area contributed by atoms with Crippen molar-refractivity contribution in [2.45, 2.75) is 20.0 Å². The number of esters is 1. The third-order valence-corrected chi connectivity index (χ3v) is 3.70. The molecule has 22 heavy (non-hydrogen) atoms. The molecule has 3 rings (SSSR count). The number of benzene rings is 1. The van der Waals surface area contributed by atoms with Gasteiger partial charge in [0.15, 0.2) is 11.9 Å². The molecule has 2 aromatic heterocycles. The molecule has 1 atom stereocenters. The maximum Gasteiger partial charge on any atom is 0.342 e. The monoisotopic (exact) mass is 298 g/mol. The molecule has 2 heterocycles. The maximum atomic E-state index is 12.3. The highest BCUT2D eigenvalue weighted by molar-refractivity contribution is 5.90. The number of carbonyl (C=O) groups is 1. The zero-order valence-electron chi connectivity index (χ0n) is 13.1. The van der Waals surface area contributed by atoms with Gasteiger partial charge in [-0.25, -0.2) is 9.78 Å². The number of aromatic nitrogens is 4. The summed E-state index contributed by atoms with van der Waals surface area (Å²) in [6.45, 7) is 3.61. The van der Waals surface area contributed by atoms with Crippen LogP contribution < -0.4 is 0 Å². The Kier molecular flexibility index (Phi) is 3.44. The first-order valence-corrected chi connectivity index (χ1v) is 7.10. The standard InChI is InChI=1S/C16H18N4O2/c1-10-12(9-19(3)18-10)16(21)22-11(2)15-17-13-7-5-6-8-14(13)20(15)4/h5-9,11H,1-4H3. The van der Waals surface area contributed by atoms with Crippen molar-refractivity contribution in [1.82, 2.24) is 19.3 Å². The van der Waals surface area contributed by atoms with Crippen molar-refractivity contribution in [3.05, 3.63) is 47.5 Å². The Bertz CT molecular complexity index is 847. The van der Waals surface area contributed by atoms with Crippen LogP contribution in [0.1, 0.15) is 34.9 Å². The summed E-state index contributed by atoms with van der Waals surface area (Å²) < 4.78 is 9.10. The van der Waals surface area contributed by atoms with Crippen molar-refractivity contribution in [1.29, 1.82) is 0 Å². The van der Waals surface area contributed by atoms with Crippen molar-refractivity contribution in [2.75, 3.05) is 0 Å². The number of aryl methyl sites for hydroxylation is 3. The van der Waals surface area contributed by atoms with Gasteiger partial charge in [-0.2, -0.15) is 5.10 Å². The first-order chi connectivity index (χ1) is 10.5. The molecule has 0 bridgehead atoms. The lowest BCUT2D eigenvalue weighted by Gasteiger charge is -2.12. The number of para-hydroxylation sites is 2. The van der Waals surface area contributed by atoms with E-state index in [1.165, 1.54) is 0 Å². The van der Waals surface area contributed by atoms with Gasteiger partial charge in [-0.1, -0.05) is 12.1 Å². The van der Waals surface area contributed by atoms with Crippen molar-refractivity contribution in [2.24, 2.45) is 14.1 Å². The van der Waals surface area contributed by atoms with E-state index in [1.54, 1.807) is 24.9 Å². The van der Waals surface area contributed by atoms with E-state index in [-0.39, 0.29) is 5.97 Å². The van der Waals surface area contributed by atoms with Gasteiger partial charge in [-0.3, -0.25) is 4.68 Å². The Morgan fingerprint density at radius 1 is 1.27 bits per heavy atom. The summed E-state index contributed by atoms with van der Waals surface area (Å²) >= 11 is 0. The highest BCUT2D eigenvalue weighted by atomic mass is 16.5. The molecular formula is C16H18N4O2. The Labute approximate surface area is 128 Å². The van der Waals surface area contributed by atoms with Crippen molar-refractivity contribution >= 4 is 17.0 Å². The number of ether oxygens (including phenoxy) is 1. The highest BCUT2D eigenvalue weighted by Crippen LogP contribution is 2.23. The summed E-state index contributed by atoms with van der Waals surface area (Å²) in [6.07, 6.45) is 1.23. The van der Waals surface area contributed by atoms with Gasteiger partial charge < -0.3 is 9.30 Å². The predicted molar refractivity (Wildman–Crippen MR) is 82.5 cm³/mol. The average molecular weight is 298 g/mol. The minimum absolute atomic E-state index is 0.384. The summed E-state index contributed by atoms with van der Waals surface area (Å²) in [5.41, 5.74) is 3.04. The third-order valence-electron chi connectivity index (χ3n) is 3.70. The molecule has 0 aliphatic carbocycles. The normalized spacial score (nSPS) is 12.5. The molecule has 0 spiro atoms. The number of hydrogen-bond donors (Lipinski definition) is 0. The number of fused-ring (bicyclic) bond motifs is 1. The number of imidazole rings is 1. The van der Waals surface area contributed by atoms with E-state index in [2.05, 4.69) is 10.1 Å². The largest absolute Gasteiger partial charge is 0.451 e. The number of carbonyl (C=O) groups excluding carboxylic acids is 1. The van der Waals surface area contributed by atoms with Crippen LogP contribution in [-0.2, 0) is 18.8 Å². The molecule has 0 saturated heterocycles. The van der Waals surface area contributed by atoms with Gasteiger partial charge in [0.1, 0.15) is 5.56 Å². The SMILES string of the molecule is Cc1nn(C)cc1C(=O)OC(C)c1nc2ccccc2n1C. The molecule has 0 radical (unpaired) electrons. The van der Waals surface area contributed by atoms with E-state index in [9.17, 15) is 4.79 Å². The molecule has 3 aromatic rings. The smallest absolute Gasteiger partial charge is 0.342 e. The lowest BCUT2D eigenvalue weighted by Crippen LogP contribution is -2.13. The van der Waals surface area contributed by atoms with Gasteiger partial charge in [0.2, 0.25) is 0 Å². The van der Waals surface area contributed by atoms with Crippen LogP contribution in [0.2, 0.25) is 0 Å². The number of rotatable bonds is 3. The van der Waals surface area contributed by atoms with E-state index in [4.69, 9.17) is 4.74 Å². The lowest BCUT2D eigenvalue weighted by molar-refractivity contribution is 0.0314. The third kappa shape index (κ3) is 2.36. The van der Waals surface area contributed by atoms with E-state index in [1.807, 2.05) is 42.8 Å². The first-order valence-electron chi connectivity index (χ1n) is 7.10. The molecule has 114 valence electrons. The van der Waals surface area contributed by atoms with Crippen LogP contribution in [0.5, 0.6) is 0 Å². The molecule has 0 saturated carbocycles. The topological polar surface area (TPSA) is 61.9 Å².